The van der Waals surface area contributed by atoms with Gasteiger partial charge in [-0.15, -0.1) is 0 Å². The highest BCUT2D eigenvalue weighted by atomic mass is 35.5. The lowest BCUT2D eigenvalue weighted by atomic mass is 9.91. The molecule has 0 spiro atoms. The molecule has 0 radical (unpaired) electrons. The Labute approximate surface area is 298 Å². The van der Waals surface area contributed by atoms with E-state index in [-0.39, 0.29) is 49.5 Å². The number of hydrogen-bond acceptors (Lipinski definition) is 5. The average molecular weight is 748 g/mol. The Morgan fingerprint density at radius 2 is 1.75 bits per heavy atom. The molecule has 3 aromatic carbocycles. The number of likely N-dealkylation sites (tertiary alicyclic amines) is 1. The number of amides is 1. The predicted octanol–water partition coefficient (Wildman–Crippen LogP) is 7.09. The van der Waals surface area contributed by atoms with Gasteiger partial charge in [-0.05, 0) is 84.5 Å². The SMILES string of the molecule is Cc1cc2cc(c1F)[C@H](CC(=O)O)NC(=O)[C@H](n1cc(CCN3CC(F)C3)c(C(F)(F)F)cc1=O)c1cc(ccc1F)COc1cc(Cl)cc(C)c1-2. The Morgan fingerprint density at radius 1 is 1.02 bits per heavy atom. The number of carbonyl (C=O) groups is 2. The molecule has 1 amide bonds. The second-order valence-corrected chi connectivity index (χ2v) is 13.5. The van der Waals surface area contributed by atoms with Crippen LogP contribution >= 0.6 is 11.6 Å². The molecule has 4 bridgehead atoms. The molecule has 1 fully saturated rings. The van der Waals surface area contributed by atoms with Gasteiger partial charge in [0.05, 0.1) is 18.0 Å². The zero-order valence-corrected chi connectivity index (χ0v) is 28.5. The van der Waals surface area contributed by atoms with Crippen LogP contribution in [-0.4, -0.2) is 52.3 Å². The van der Waals surface area contributed by atoms with Crippen LogP contribution in [0.5, 0.6) is 5.75 Å². The highest BCUT2D eigenvalue weighted by Crippen LogP contribution is 2.40. The van der Waals surface area contributed by atoms with E-state index in [0.29, 0.717) is 37.9 Å². The number of aryl methyl sites for hydroxylation is 2. The number of ether oxygens (including phenoxy) is 1. The van der Waals surface area contributed by atoms with E-state index in [0.717, 1.165) is 12.3 Å². The fourth-order valence-electron chi connectivity index (χ4n) is 6.75. The summed E-state index contributed by atoms with van der Waals surface area (Å²) in [6.07, 6.45) is -6.45. The van der Waals surface area contributed by atoms with Crippen molar-refractivity contribution in [3.63, 3.8) is 0 Å². The zero-order valence-electron chi connectivity index (χ0n) is 27.8. The second-order valence-electron chi connectivity index (χ2n) is 13.1. The first-order valence-corrected chi connectivity index (χ1v) is 16.6. The minimum Gasteiger partial charge on any atom is -0.488 e. The first-order chi connectivity index (χ1) is 24.5. The summed E-state index contributed by atoms with van der Waals surface area (Å²) in [5.74, 6) is -4.25. The van der Waals surface area contributed by atoms with E-state index in [1.54, 1.807) is 17.9 Å². The van der Waals surface area contributed by atoms with E-state index in [9.17, 15) is 37.1 Å². The number of nitrogens with one attached hydrogen (secondary N) is 1. The van der Waals surface area contributed by atoms with Crippen molar-refractivity contribution in [3.05, 3.63) is 121 Å². The van der Waals surface area contributed by atoms with Crippen molar-refractivity contribution >= 4 is 23.5 Å². The molecule has 0 unspecified atom stereocenters. The Kier molecular flexibility index (Phi) is 10.2. The van der Waals surface area contributed by atoms with Gasteiger partial charge in [0.2, 0.25) is 5.91 Å². The van der Waals surface area contributed by atoms with Crippen LogP contribution in [0.1, 0.15) is 57.4 Å². The fraction of sp³-hybridized carbons (Fsp3) is 0.324. The maximum Gasteiger partial charge on any atom is 0.416 e. The van der Waals surface area contributed by atoms with E-state index in [1.807, 2.05) is 0 Å². The van der Waals surface area contributed by atoms with Crippen molar-refractivity contribution in [2.24, 2.45) is 0 Å². The molecule has 0 aliphatic carbocycles. The standard InChI is InChI=1S/C37H32ClF6N3O5/c1-18-8-23(38)11-30-33(18)22-7-19(2)34(41)26(10-22)29(13-32(49)50)45-36(51)35(25-9-20(17-52-30)3-4-28(25)40)47-14-21(5-6-46-15-24(39)16-46)27(12-31(47)48)37(42,43)44/h3-4,7-12,14,24,29,35H,5-6,13,15-17H2,1-2H3,(H,45,51)(H,49,50)/t29-,35+/m0/s1. The normalized spacial score (nSPS) is 18.1. The van der Waals surface area contributed by atoms with E-state index in [1.165, 1.54) is 37.3 Å². The van der Waals surface area contributed by atoms with Gasteiger partial charge in [-0.1, -0.05) is 17.7 Å². The van der Waals surface area contributed by atoms with Gasteiger partial charge in [0.15, 0.2) is 0 Å². The molecule has 2 aliphatic heterocycles. The minimum atomic E-state index is -4.98. The number of nitrogens with zero attached hydrogens (tertiary/aromatic N) is 2. The topological polar surface area (TPSA) is 101 Å². The summed E-state index contributed by atoms with van der Waals surface area (Å²) < 4.78 is 94.6. The molecular formula is C37H32ClF6N3O5. The third-order valence-electron chi connectivity index (χ3n) is 9.26. The number of hydrogen-bond donors (Lipinski definition) is 2. The monoisotopic (exact) mass is 747 g/mol. The van der Waals surface area contributed by atoms with Crippen LogP contribution in [0.2, 0.25) is 5.02 Å². The summed E-state index contributed by atoms with van der Waals surface area (Å²) in [7, 11) is 0. The van der Waals surface area contributed by atoms with Gasteiger partial charge in [0.1, 0.15) is 36.2 Å². The molecule has 1 saturated heterocycles. The Hall–Kier alpha value is -4.82. The van der Waals surface area contributed by atoms with Gasteiger partial charge in [-0.3, -0.25) is 23.9 Å². The third kappa shape index (κ3) is 7.54. The fourth-order valence-corrected chi connectivity index (χ4v) is 7.01. The molecule has 1 aromatic heterocycles. The van der Waals surface area contributed by atoms with Crippen molar-refractivity contribution in [3.8, 4) is 16.9 Å². The maximum absolute atomic E-state index is 16.0. The summed E-state index contributed by atoms with van der Waals surface area (Å²) in [5, 5.41) is 12.6. The number of alkyl halides is 4. The Bertz CT molecular complexity index is 2130. The van der Waals surface area contributed by atoms with Crippen LogP contribution in [0.3, 0.4) is 0 Å². The number of benzene rings is 3. The summed E-state index contributed by atoms with van der Waals surface area (Å²) in [6.45, 7) is 3.00. The van der Waals surface area contributed by atoms with Gasteiger partial charge in [0, 0.05) is 53.6 Å². The average Bonchev–Trinajstić information content (AvgIpc) is 3.03. The van der Waals surface area contributed by atoms with E-state index < -0.39 is 76.6 Å². The van der Waals surface area contributed by atoms with Gasteiger partial charge >= 0.3 is 12.1 Å². The lowest BCUT2D eigenvalue weighted by molar-refractivity contribution is -0.139. The quantitative estimate of drug-likeness (QED) is 0.205. The largest absolute Gasteiger partial charge is 0.488 e. The Balaban J connectivity index is 1.57. The molecule has 4 aromatic rings. The molecule has 2 aliphatic rings. The predicted molar refractivity (Wildman–Crippen MR) is 179 cm³/mol. The van der Waals surface area contributed by atoms with Crippen LogP contribution in [-0.2, 0) is 28.8 Å². The number of aromatic nitrogens is 1. The lowest BCUT2D eigenvalue weighted by Crippen LogP contribution is -2.49. The number of halogens is 7. The number of carboxylic acid groups (broad SMARTS) is 1. The van der Waals surface area contributed by atoms with Gasteiger partial charge in [0.25, 0.3) is 5.56 Å². The molecule has 15 heteroatoms. The third-order valence-corrected chi connectivity index (χ3v) is 9.48. The molecule has 274 valence electrons. The molecule has 3 heterocycles. The Morgan fingerprint density at radius 3 is 2.42 bits per heavy atom. The smallest absolute Gasteiger partial charge is 0.416 e. The first-order valence-electron chi connectivity index (χ1n) is 16.2. The number of carbonyl (C=O) groups excluding carboxylic acids is 1. The minimum absolute atomic E-state index is 0.000368. The van der Waals surface area contributed by atoms with Crippen LogP contribution in [0.15, 0.2) is 59.5 Å². The van der Waals surface area contributed by atoms with E-state index in [4.69, 9.17) is 16.3 Å². The molecular weight excluding hydrogens is 716 g/mol. The second kappa shape index (κ2) is 14.3. The van der Waals surface area contributed by atoms with Gasteiger partial charge < -0.3 is 15.2 Å². The molecule has 6 rings (SSSR count). The van der Waals surface area contributed by atoms with E-state index >= 15 is 8.78 Å². The molecule has 52 heavy (non-hydrogen) atoms. The first kappa shape index (κ1) is 37.0. The maximum atomic E-state index is 16.0. The summed E-state index contributed by atoms with van der Waals surface area (Å²) in [5.41, 5.74) is -1.80. The summed E-state index contributed by atoms with van der Waals surface area (Å²) in [4.78, 5) is 41.6. The van der Waals surface area contributed by atoms with Crippen molar-refractivity contribution in [2.45, 2.75) is 57.7 Å². The van der Waals surface area contributed by atoms with Gasteiger partial charge in [-0.2, -0.15) is 13.2 Å². The van der Waals surface area contributed by atoms with Crippen LogP contribution in [0, 0.1) is 25.5 Å². The van der Waals surface area contributed by atoms with Crippen molar-refractivity contribution in [2.75, 3.05) is 19.6 Å². The van der Waals surface area contributed by atoms with Crippen molar-refractivity contribution < 1.29 is 45.8 Å². The number of pyridine rings is 1. The number of fused-ring (bicyclic) bond motifs is 6. The summed E-state index contributed by atoms with van der Waals surface area (Å²) >= 11 is 6.37. The number of carboxylic acids is 1. The summed E-state index contributed by atoms with van der Waals surface area (Å²) in [6, 6.07) is 6.32. The highest BCUT2D eigenvalue weighted by molar-refractivity contribution is 6.31. The van der Waals surface area contributed by atoms with Crippen LogP contribution in [0.25, 0.3) is 11.1 Å². The zero-order chi connectivity index (χ0) is 37.6. The molecule has 8 nitrogen and oxygen atoms in total. The van der Waals surface area contributed by atoms with Crippen LogP contribution in [0.4, 0.5) is 26.3 Å². The molecule has 2 N–H and O–H groups in total. The number of aliphatic carboxylic acids is 1. The van der Waals surface area contributed by atoms with Crippen molar-refractivity contribution in [1.29, 1.82) is 0 Å². The van der Waals surface area contributed by atoms with Gasteiger partial charge in [-0.25, -0.2) is 13.2 Å². The highest BCUT2D eigenvalue weighted by Gasteiger charge is 2.37. The van der Waals surface area contributed by atoms with Crippen molar-refractivity contribution in [1.82, 2.24) is 14.8 Å². The van der Waals surface area contributed by atoms with E-state index in [2.05, 4.69) is 5.32 Å². The van der Waals surface area contributed by atoms with Crippen LogP contribution < -0.4 is 15.6 Å². The molecule has 2 atom stereocenters. The number of rotatable bonds is 6. The lowest BCUT2D eigenvalue weighted by Gasteiger charge is -2.34. The molecule has 0 saturated carbocycles.